The van der Waals surface area contributed by atoms with Gasteiger partial charge in [0, 0.05) is 0 Å². The molecule has 0 aromatic heterocycles. The van der Waals surface area contributed by atoms with Gasteiger partial charge in [-0.15, -0.1) is 0 Å². The van der Waals surface area contributed by atoms with Gasteiger partial charge in [0.1, 0.15) is 0 Å². The third-order valence-corrected chi connectivity index (χ3v) is 1.10. The third-order valence-electron chi connectivity index (χ3n) is 1.10. The molecule has 11 heavy (non-hydrogen) atoms. The van der Waals surface area contributed by atoms with E-state index in [0.717, 1.165) is 6.54 Å². The first-order chi connectivity index (χ1) is 4.81. The first-order valence-corrected chi connectivity index (χ1v) is 4.60. The molecular weight excluding hydrogens is 170 g/mol. The van der Waals surface area contributed by atoms with Crippen molar-refractivity contribution in [3.63, 3.8) is 0 Å². The summed E-state index contributed by atoms with van der Waals surface area (Å²) in [5, 5.41) is 0. The average Bonchev–Trinajstić information content (AvgIpc) is 1.83. The number of rotatable bonds is 2. The molecule has 0 aliphatic heterocycles. The van der Waals surface area contributed by atoms with Crippen LogP contribution in [-0.4, -0.2) is 24.1 Å². The lowest BCUT2D eigenvalue weighted by Crippen LogP contribution is -2.08. The van der Waals surface area contributed by atoms with Gasteiger partial charge < -0.3 is 5.73 Å². The molecule has 6 heteroatoms. The largest absolute Gasteiger partial charge is 0.394 e. The topological polar surface area (TPSA) is 101 Å². The van der Waals surface area contributed by atoms with Gasteiger partial charge in [-0.1, -0.05) is 20.3 Å². The molecule has 70 valence electrons. The van der Waals surface area contributed by atoms with Crippen molar-refractivity contribution in [2.75, 3.05) is 6.54 Å². The Morgan fingerprint density at radius 3 is 1.73 bits per heavy atom. The first-order valence-electron chi connectivity index (χ1n) is 3.21. The maximum absolute atomic E-state index is 8.74. The van der Waals surface area contributed by atoms with Crippen molar-refractivity contribution in [1.29, 1.82) is 0 Å². The van der Waals surface area contributed by atoms with E-state index in [1.807, 2.05) is 0 Å². The molecule has 4 N–H and O–H groups in total. The van der Waals surface area contributed by atoms with Crippen molar-refractivity contribution in [2.45, 2.75) is 20.3 Å². The fourth-order valence-electron chi connectivity index (χ4n) is 0.167. The number of hydrogen-bond acceptors (Lipinski definition) is 3. The molecule has 0 fully saturated rings. The predicted octanol–water partition coefficient (Wildman–Crippen LogP) is 0.338. The molecule has 0 spiro atoms. The molecule has 0 saturated carbocycles. The number of nitrogens with two attached hydrogens (primary N) is 1. The Bertz CT molecular complexity index is 153. The van der Waals surface area contributed by atoms with Crippen LogP contribution in [0.2, 0.25) is 0 Å². The van der Waals surface area contributed by atoms with Crippen molar-refractivity contribution in [1.82, 2.24) is 0 Å². The lowest BCUT2D eigenvalue weighted by atomic mass is 10.1. The van der Waals surface area contributed by atoms with Crippen molar-refractivity contribution >= 4 is 10.4 Å². The molecule has 0 aliphatic rings. The van der Waals surface area contributed by atoms with Crippen LogP contribution in [0.1, 0.15) is 20.3 Å². The summed E-state index contributed by atoms with van der Waals surface area (Å²) in [4.78, 5) is 0. The van der Waals surface area contributed by atoms with Crippen LogP contribution in [0.5, 0.6) is 0 Å². The summed E-state index contributed by atoms with van der Waals surface area (Å²) in [6, 6.07) is 0. The fraction of sp³-hybridized carbons (Fsp3) is 1.00. The van der Waals surface area contributed by atoms with Gasteiger partial charge in [0.15, 0.2) is 0 Å². The Morgan fingerprint density at radius 2 is 1.73 bits per heavy atom. The van der Waals surface area contributed by atoms with Gasteiger partial charge in [-0.05, 0) is 12.5 Å². The lowest BCUT2D eigenvalue weighted by molar-refractivity contribution is 0.381. The van der Waals surface area contributed by atoms with Gasteiger partial charge in [0.05, 0.1) is 0 Å². The van der Waals surface area contributed by atoms with Gasteiger partial charge >= 0.3 is 10.4 Å². The highest BCUT2D eigenvalue weighted by molar-refractivity contribution is 7.79. The molecule has 0 bridgehead atoms. The van der Waals surface area contributed by atoms with E-state index in [9.17, 15) is 0 Å². The number of hydrogen-bond donors (Lipinski definition) is 3. The maximum atomic E-state index is 8.74. The lowest BCUT2D eigenvalue weighted by Gasteiger charge is -1.98. The van der Waals surface area contributed by atoms with E-state index < -0.39 is 10.4 Å². The minimum atomic E-state index is -4.67. The van der Waals surface area contributed by atoms with Crippen LogP contribution in [0.3, 0.4) is 0 Å². The molecular formula is C5H15NO4S. The molecule has 1 unspecified atom stereocenters. The fourth-order valence-corrected chi connectivity index (χ4v) is 0.167. The van der Waals surface area contributed by atoms with Crippen LogP contribution in [-0.2, 0) is 10.4 Å². The Hall–Kier alpha value is -0.170. The Balaban J connectivity index is 0. The third kappa shape index (κ3) is 41.1. The average molecular weight is 185 g/mol. The minimum absolute atomic E-state index is 0.713. The highest BCUT2D eigenvalue weighted by Crippen LogP contribution is 1.93. The quantitative estimate of drug-likeness (QED) is 0.538. The van der Waals surface area contributed by atoms with E-state index in [1.54, 1.807) is 0 Å². The molecule has 0 amide bonds. The van der Waals surface area contributed by atoms with Crippen LogP contribution in [0.4, 0.5) is 0 Å². The summed E-state index contributed by atoms with van der Waals surface area (Å²) >= 11 is 0. The molecule has 0 aromatic rings. The second-order valence-electron chi connectivity index (χ2n) is 2.20. The second kappa shape index (κ2) is 6.53. The molecule has 0 radical (unpaired) electrons. The zero-order valence-corrected chi connectivity index (χ0v) is 7.50. The van der Waals surface area contributed by atoms with Gasteiger partial charge in [0.2, 0.25) is 0 Å². The minimum Gasteiger partial charge on any atom is -0.330 e. The summed E-state index contributed by atoms with van der Waals surface area (Å²) in [6.07, 6.45) is 1.20. The monoisotopic (exact) mass is 185 g/mol. The molecule has 0 aromatic carbocycles. The van der Waals surface area contributed by atoms with E-state index in [4.69, 9.17) is 23.3 Å². The molecule has 1 atom stereocenters. The smallest absolute Gasteiger partial charge is 0.330 e. The van der Waals surface area contributed by atoms with Crippen molar-refractivity contribution in [3.05, 3.63) is 0 Å². The highest BCUT2D eigenvalue weighted by atomic mass is 32.3. The van der Waals surface area contributed by atoms with Crippen LogP contribution in [0.15, 0.2) is 0 Å². The predicted molar refractivity (Wildman–Crippen MR) is 42.7 cm³/mol. The molecule has 0 heterocycles. The van der Waals surface area contributed by atoms with Gasteiger partial charge in [-0.25, -0.2) is 0 Å². The molecule has 0 rings (SSSR count). The van der Waals surface area contributed by atoms with Crippen LogP contribution >= 0.6 is 0 Å². The van der Waals surface area contributed by atoms with Crippen molar-refractivity contribution in [3.8, 4) is 0 Å². The standard InChI is InChI=1S/C5H13N.H2O4S/c1-3-5(2)4-6;1-5(2,3)4/h5H,3-4,6H2,1-2H3;(H2,1,2,3,4). The molecule has 0 aliphatic carbocycles. The van der Waals surface area contributed by atoms with Crippen LogP contribution < -0.4 is 5.73 Å². The van der Waals surface area contributed by atoms with Crippen LogP contribution in [0.25, 0.3) is 0 Å². The summed E-state index contributed by atoms with van der Waals surface area (Å²) < 4.78 is 31.6. The highest BCUT2D eigenvalue weighted by Gasteiger charge is 1.89. The van der Waals surface area contributed by atoms with E-state index in [0.29, 0.717) is 5.92 Å². The van der Waals surface area contributed by atoms with E-state index in [1.165, 1.54) is 6.42 Å². The summed E-state index contributed by atoms with van der Waals surface area (Å²) in [5.41, 5.74) is 5.28. The van der Waals surface area contributed by atoms with Crippen molar-refractivity contribution in [2.24, 2.45) is 11.7 Å². The van der Waals surface area contributed by atoms with Crippen molar-refractivity contribution < 1.29 is 17.5 Å². The zero-order chi connectivity index (χ0) is 9.49. The Labute approximate surface area is 67.2 Å². The van der Waals surface area contributed by atoms with E-state index in [-0.39, 0.29) is 0 Å². The normalized spacial score (nSPS) is 13.2. The SMILES string of the molecule is CCC(C)CN.O=S(=O)(O)O. The second-order valence-corrected chi connectivity index (χ2v) is 3.09. The molecule has 5 nitrogen and oxygen atoms in total. The summed E-state index contributed by atoms with van der Waals surface area (Å²) in [6.45, 7) is 5.13. The van der Waals surface area contributed by atoms with Gasteiger partial charge in [-0.3, -0.25) is 9.11 Å². The maximum Gasteiger partial charge on any atom is 0.394 e. The first kappa shape index (κ1) is 13.4. The molecule has 0 saturated heterocycles. The summed E-state index contributed by atoms with van der Waals surface area (Å²) in [7, 11) is -4.67. The van der Waals surface area contributed by atoms with Gasteiger partial charge in [0.25, 0.3) is 0 Å². The van der Waals surface area contributed by atoms with E-state index in [2.05, 4.69) is 13.8 Å². The Morgan fingerprint density at radius 1 is 1.45 bits per heavy atom. The van der Waals surface area contributed by atoms with Crippen LogP contribution in [0, 0.1) is 5.92 Å². The zero-order valence-electron chi connectivity index (χ0n) is 6.69. The van der Waals surface area contributed by atoms with E-state index >= 15 is 0 Å². The van der Waals surface area contributed by atoms with Gasteiger partial charge in [-0.2, -0.15) is 8.42 Å². The Kier molecular flexibility index (Phi) is 7.97. The summed E-state index contributed by atoms with van der Waals surface area (Å²) in [5.74, 6) is 0.713.